The van der Waals surface area contributed by atoms with Crippen molar-refractivity contribution in [3.05, 3.63) is 59.4 Å². The minimum absolute atomic E-state index is 0.128. The van der Waals surface area contributed by atoms with E-state index in [2.05, 4.69) is 10.3 Å². The molecule has 2 rings (SSSR count). The van der Waals surface area contributed by atoms with E-state index in [1.165, 1.54) is 4.90 Å². The second-order valence-electron chi connectivity index (χ2n) is 6.06. The lowest BCUT2D eigenvalue weighted by Crippen LogP contribution is -2.43. The molecule has 0 radical (unpaired) electrons. The van der Waals surface area contributed by atoms with Crippen LogP contribution in [0.25, 0.3) is 0 Å². The quantitative estimate of drug-likeness (QED) is 0.879. The van der Waals surface area contributed by atoms with E-state index in [4.69, 9.17) is 0 Å². The smallest absolute Gasteiger partial charge is 0.313 e. The topological polar surface area (TPSA) is 62.3 Å². The molecule has 24 heavy (non-hydrogen) atoms. The predicted octanol–water partition coefficient (Wildman–Crippen LogP) is 2.73. The number of rotatable bonds is 4. The third-order valence-electron chi connectivity index (χ3n) is 4.04. The molecule has 5 nitrogen and oxygen atoms in total. The molecule has 0 aliphatic carbocycles. The second-order valence-corrected chi connectivity index (χ2v) is 6.06. The average molecular weight is 325 g/mol. The Bertz CT molecular complexity index is 729. The maximum Gasteiger partial charge on any atom is 0.313 e. The molecule has 0 bridgehead atoms. The van der Waals surface area contributed by atoms with Crippen molar-refractivity contribution in [3.8, 4) is 0 Å². The Hall–Kier alpha value is -2.69. The number of anilines is 1. The number of pyridine rings is 1. The molecule has 1 aromatic carbocycles. The molecule has 0 aliphatic heterocycles. The van der Waals surface area contributed by atoms with E-state index in [1.807, 2.05) is 57.2 Å². The minimum atomic E-state index is -0.627. The van der Waals surface area contributed by atoms with E-state index < -0.39 is 11.8 Å². The van der Waals surface area contributed by atoms with Crippen LogP contribution in [0.4, 0.5) is 5.69 Å². The highest BCUT2D eigenvalue weighted by Gasteiger charge is 2.23. The van der Waals surface area contributed by atoms with Crippen LogP contribution in [-0.4, -0.2) is 34.8 Å². The highest BCUT2D eigenvalue weighted by Crippen LogP contribution is 2.16. The van der Waals surface area contributed by atoms with Gasteiger partial charge in [0.25, 0.3) is 0 Å². The number of benzene rings is 1. The summed E-state index contributed by atoms with van der Waals surface area (Å²) in [5, 5.41) is 2.69. The number of aryl methyl sites for hydroxylation is 2. The summed E-state index contributed by atoms with van der Waals surface area (Å²) in [6, 6.07) is 11.2. The number of amides is 2. The van der Waals surface area contributed by atoms with Gasteiger partial charge in [-0.25, -0.2) is 0 Å². The van der Waals surface area contributed by atoms with E-state index in [9.17, 15) is 9.59 Å². The highest BCUT2D eigenvalue weighted by atomic mass is 16.2. The summed E-state index contributed by atoms with van der Waals surface area (Å²) in [6.07, 6.45) is 2.32. The first-order valence-corrected chi connectivity index (χ1v) is 7.93. The van der Waals surface area contributed by atoms with E-state index in [-0.39, 0.29) is 6.04 Å². The molecule has 0 saturated carbocycles. The first-order valence-electron chi connectivity index (χ1n) is 7.93. The fourth-order valence-electron chi connectivity index (χ4n) is 2.45. The Balaban J connectivity index is 2.00. The van der Waals surface area contributed by atoms with Crippen molar-refractivity contribution in [2.45, 2.75) is 33.2 Å². The SMILES string of the molecule is Cc1ccc(NC(=O)C(=O)N(C)[C@H](C)Cc2ccccn2)c(C)c1. The van der Waals surface area contributed by atoms with Gasteiger partial charge in [-0.1, -0.05) is 23.8 Å². The number of hydrogen-bond donors (Lipinski definition) is 1. The van der Waals surface area contributed by atoms with Crippen LogP contribution in [0.15, 0.2) is 42.6 Å². The molecule has 1 N–H and O–H groups in total. The number of aromatic nitrogens is 1. The maximum absolute atomic E-state index is 12.4. The molecule has 1 atom stereocenters. The van der Waals surface area contributed by atoms with Crippen molar-refractivity contribution in [2.24, 2.45) is 0 Å². The van der Waals surface area contributed by atoms with Crippen LogP contribution in [0.1, 0.15) is 23.7 Å². The fourth-order valence-corrected chi connectivity index (χ4v) is 2.45. The summed E-state index contributed by atoms with van der Waals surface area (Å²) in [5.74, 6) is -1.18. The van der Waals surface area contributed by atoms with Crippen LogP contribution in [0, 0.1) is 13.8 Å². The first-order chi connectivity index (χ1) is 11.4. The monoisotopic (exact) mass is 325 g/mol. The van der Waals surface area contributed by atoms with Crippen LogP contribution >= 0.6 is 0 Å². The summed E-state index contributed by atoms with van der Waals surface area (Å²) in [7, 11) is 1.64. The van der Waals surface area contributed by atoms with E-state index >= 15 is 0 Å². The van der Waals surface area contributed by atoms with Crippen molar-refractivity contribution < 1.29 is 9.59 Å². The Labute approximate surface area is 142 Å². The summed E-state index contributed by atoms with van der Waals surface area (Å²) in [5.41, 5.74) is 3.59. The third-order valence-corrected chi connectivity index (χ3v) is 4.04. The van der Waals surface area contributed by atoms with Gasteiger partial charge in [-0.2, -0.15) is 0 Å². The summed E-state index contributed by atoms with van der Waals surface area (Å²) < 4.78 is 0. The highest BCUT2D eigenvalue weighted by molar-refractivity contribution is 6.39. The second kappa shape index (κ2) is 7.73. The molecule has 0 aliphatic rings. The van der Waals surface area contributed by atoms with Crippen molar-refractivity contribution >= 4 is 17.5 Å². The molecule has 0 unspecified atom stereocenters. The summed E-state index contributed by atoms with van der Waals surface area (Å²) >= 11 is 0. The van der Waals surface area contributed by atoms with Gasteiger partial charge in [-0.15, -0.1) is 0 Å². The molecular formula is C19H23N3O2. The molecule has 2 aromatic rings. The fraction of sp³-hybridized carbons (Fsp3) is 0.316. The van der Waals surface area contributed by atoms with Crippen LogP contribution in [0.3, 0.4) is 0 Å². The summed E-state index contributed by atoms with van der Waals surface area (Å²) in [6.45, 7) is 5.79. The zero-order valence-corrected chi connectivity index (χ0v) is 14.5. The molecule has 5 heteroatoms. The van der Waals surface area contributed by atoms with Gasteiger partial charge in [-0.05, 0) is 44.5 Å². The van der Waals surface area contributed by atoms with Crippen LogP contribution in [0.5, 0.6) is 0 Å². The van der Waals surface area contributed by atoms with Gasteiger partial charge >= 0.3 is 11.8 Å². The summed E-state index contributed by atoms with van der Waals surface area (Å²) in [4.78, 5) is 30.3. The van der Waals surface area contributed by atoms with Crippen molar-refractivity contribution in [1.29, 1.82) is 0 Å². The van der Waals surface area contributed by atoms with Crippen LogP contribution in [0.2, 0.25) is 0 Å². The zero-order chi connectivity index (χ0) is 17.7. The number of likely N-dealkylation sites (N-methyl/N-ethyl adjacent to an activating group) is 1. The molecule has 0 saturated heterocycles. The van der Waals surface area contributed by atoms with Gasteiger partial charge in [0.1, 0.15) is 0 Å². The van der Waals surface area contributed by atoms with E-state index in [1.54, 1.807) is 13.2 Å². The normalized spacial score (nSPS) is 11.7. The van der Waals surface area contributed by atoms with Gasteiger partial charge in [0.2, 0.25) is 0 Å². The van der Waals surface area contributed by atoms with Crippen molar-refractivity contribution in [1.82, 2.24) is 9.88 Å². The molecule has 1 aromatic heterocycles. The number of nitrogens with one attached hydrogen (secondary N) is 1. The first kappa shape index (κ1) is 17.7. The molecule has 1 heterocycles. The van der Waals surface area contributed by atoms with E-state index in [0.29, 0.717) is 12.1 Å². The molecule has 126 valence electrons. The molecule has 2 amide bonds. The maximum atomic E-state index is 12.4. The zero-order valence-electron chi connectivity index (χ0n) is 14.5. The number of carbonyl (C=O) groups is 2. The Kier molecular flexibility index (Phi) is 5.68. The predicted molar refractivity (Wildman–Crippen MR) is 94.7 cm³/mol. The van der Waals surface area contributed by atoms with Crippen LogP contribution < -0.4 is 5.32 Å². The van der Waals surface area contributed by atoms with Gasteiger partial charge in [0, 0.05) is 37.1 Å². The van der Waals surface area contributed by atoms with Crippen molar-refractivity contribution in [2.75, 3.05) is 12.4 Å². The lowest BCUT2D eigenvalue weighted by molar-refractivity contribution is -0.143. The largest absolute Gasteiger partial charge is 0.334 e. The average Bonchev–Trinajstić information content (AvgIpc) is 2.56. The molecule has 0 fully saturated rings. The van der Waals surface area contributed by atoms with Gasteiger partial charge < -0.3 is 10.2 Å². The molecular weight excluding hydrogens is 302 g/mol. The number of carbonyl (C=O) groups excluding carboxylic acids is 2. The van der Waals surface area contributed by atoms with Gasteiger partial charge in [-0.3, -0.25) is 14.6 Å². The van der Waals surface area contributed by atoms with Gasteiger partial charge in [0.15, 0.2) is 0 Å². The third kappa shape index (κ3) is 4.41. The Morgan fingerprint density at radius 1 is 1.21 bits per heavy atom. The Morgan fingerprint density at radius 2 is 1.96 bits per heavy atom. The van der Waals surface area contributed by atoms with E-state index in [0.717, 1.165) is 16.8 Å². The lowest BCUT2D eigenvalue weighted by atomic mass is 10.1. The number of nitrogens with zero attached hydrogens (tertiary/aromatic N) is 2. The van der Waals surface area contributed by atoms with Crippen LogP contribution in [-0.2, 0) is 16.0 Å². The number of hydrogen-bond acceptors (Lipinski definition) is 3. The van der Waals surface area contributed by atoms with Gasteiger partial charge in [0.05, 0.1) is 0 Å². The standard InChI is InChI=1S/C19H23N3O2/c1-13-8-9-17(14(2)11-13)21-18(23)19(24)22(4)15(3)12-16-7-5-6-10-20-16/h5-11,15H,12H2,1-4H3,(H,21,23)/t15-/m1/s1. The van der Waals surface area contributed by atoms with Crippen molar-refractivity contribution in [3.63, 3.8) is 0 Å². The molecule has 0 spiro atoms. The Morgan fingerprint density at radius 3 is 2.58 bits per heavy atom. The minimum Gasteiger partial charge on any atom is -0.334 e. The lowest BCUT2D eigenvalue weighted by Gasteiger charge is -2.24.